The molecule has 4 nitrogen and oxygen atoms in total. The van der Waals surface area contributed by atoms with Gasteiger partial charge in [-0.2, -0.15) is 4.98 Å². The minimum absolute atomic E-state index is 0.0872. The number of carbonyl (C=O) groups is 1. The van der Waals surface area contributed by atoms with Crippen LogP contribution in [0.4, 0.5) is 8.78 Å². The Labute approximate surface area is 110 Å². The van der Waals surface area contributed by atoms with Crippen LogP contribution in [-0.2, 0) is 6.54 Å². The summed E-state index contributed by atoms with van der Waals surface area (Å²) in [6, 6.07) is 2.68. The van der Waals surface area contributed by atoms with Gasteiger partial charge in [0.05, 0.1) is 5.56 Å². The standard InChI is InChI=1S/C10H5Cl2F2N3O/c11-9-15-10(12)17(16-9)4-8(18)6-2-1-5(13)3-7(6)14/h1-3H,4H2. The summed E-state index contributed by atoms with van der Waals surface area (Å²) in [6.07, 6.45) is 0. The minimum Gasteiger partial charge on any atom is -0.292 e. The van der Waals surface area contributed by atoms with Crippen LogP contribution in [0, 0.1) is 11.6 Å². The van der Waals surface area contributed by atoms with E-state index in [1.165, 1.54) is 0 Å². The van der Waals surface area contributed by atoms with Gasteiger partial charge < -0.3 is 0 Å². The van der Waals surface area contributed by atoms with Crippen molar-refractivity contribution in [1.82, 2.24) is 14.8 Å². The van der Waals surface area contributed by atoms with Crippen molar-refractivity contribution in [3.8, 4) is 0 Å². The third-order valence-corrected chi connectivity index (χ3v) is 2.57. The fourth-order valence-corrected chi connectivity index (χ4v) is 1.73. The van der Waals surface area contributed by atoms with Gasteiger partial charge >= 0.3 is 0 Å². The quantitative estimate of drug-likeness (QED) is 0.817. The summed E-state index contributed by atoms with van der Waals surface area (Å²) < 4.78 is 27.1. The molecule has 0 amide bonds. The Kier molecular flexibility index (Phi) is 3.58. The van der Waals surface area contributed by atoms with E-state index in [4.69, 9.17) is 23.2 Å². The predicted molar refractivity (Wildman–Crippen MR) is 60.7 cm³/mol. The lowest BCUT2D eigenvalue weighted by atomic mass is 10.1. The summed E-state index contributed by atoms with van der Waals surface area (Å²) in [5, 5.41) is 3.44. The zero-order valence-electron chi connectivity index (χ0n) is 8.70. The van der Waals surface area contributed by atoms with E-state index in [2.05, 4.69) is 10.1 Å². The zero-order valence-corrected chi connectivity index (χ0v) is 10.2. The molecule has 0 spiro atoms. The van der Waals surface area contributed by atoms with Gasteiger partial charge in [0.2, 0.25) is 10.6 Å². The minimum atomic E-state index is -0.942. The fourth-order valence-electron chi connectivity index (χ4n) is 1.33. The number of hydrogen-bond donors (Lipinski definition) is 0. The van der Waals surface area contributed by atoms with Crippen molar-refractivity contribution in [2.24, 2.45) is 0 Å². The second-order valence-electron chi connectivity index (χ2n) is 3.35. The van der Waals surface area contributed by atoms with E-state index in [0.717, 1.165) is 16.8 Å². The molecular formula is C10H5Cl2F2N3O. The Morgan fingerprint density at radius 1 is 1.33 bits per heavy atom. The fraction of sp³-hybridized carbons (Fsp3) is 0.100. The van der Waals surface area contributed by atoms with Crippen molar-refractivity contribution in [2.75, 3.05) is 0 Å². The first-order valence-corrected chi connectivity index (χ1v) is 5.47. The lowest BCUT2D eigenvalue weighted by molar-refractivity contribution is 0.0963. The van der Waals surface area contributed by atoms with Crippen LogP contribution in [0.1, 0.15) is 10.4 Å². The molecule has 0 saturated heterocycles. The van der Waals surface area contributed by atoms with Crippen molar-refractivity contribution < 1.29 is 13.6 Å². The molecule has 0 aliphatic heterocycles. The summed E-state index contributed by atoms with van der Waals surface area (Å²) in [4.78, 5) is 15.3. The number of hydrogen-bond acceptors (Lipinski definition) is 3. The lowest BCUT2D eigenvalue weighted by Crippen LogP contribution is -2.13. The molecule has 0 aliphatic rings. The van der Waals surface area contributed by atoms with Crippen molar-refractivity contribution in [2.45, 2.75) is 6.54 Å². The molecule has 0 saturated carbocycles. The van der Waals surface area contributed by atoms with Crippen LogP contribution >= 0.6 is 23.2 Å². The first kappa shape index (κ1) is 12.9. The molecule has 2 rings (SSSR count). The SMILES string of the molecule is O=C(Cn1nc(Cl)nc1Cl)c1ccc(F)cc1F. The molecule has 1 aromatic carbocycles. The van der Waals surface area contributed by atoms with Crippen molar-refractivity contribution in [3.63, 3.8) is 0 Å². The molecule has 0 radical (unpaired) electrons. The summed E-state index contributed by atoms with van der Waals surface area (Å²) >= 11 is 11.1. The number of aromatic nitrogens is 3. The maximum absolute atomic E-state index is 13.3. The number of Topliss-reactive ketones (excluding diaryl/α,β-unsaturated/α-hetero) is 1. The highest BCUT2D eigenvalue weighted by atomic mass is 35.5. The van der Waals surface area contributed by atoms with Crippen molar-refractivity contribution >= 4 is 29.0 Å². The van der Waals surface area contributed by atoms with Crippen molar-refractivity contribution in [3.05, 3.63) is 46.0 Å². The van der Waals surface area contributed by atoms with E-state index in [9.17, 15) is 13.6 Å². The van der Waals surface area contributed by atoms with Crippen LogP contribution in [0.2, 0.25) is 10.6 Å². The Hall–Kier alpha value is -1.53. The summed E-state index contributed by atoms with van der Waals surface area (Å²) in [5.74, 6) is -2.32. The van der Waals surface area contributed by atoms with Crippen molar-refractivity contribution in [1.29, 1.82) is 0 Å². The number of ketones is 1. The average Bonchev–Trinajstić information content (AvgIpc) is 2.57. The van der Waals surface area contributed by atoms with E-state index in [-0.39, 0.29) is 22.7 Å². The molecule has 2 aromatic rings. The largest absolute Gasteiger partial charge is 0.292 e. The Morgan fingerprint density at radius 2 is 2.06 bits per heavy atom. The number of carbonyl (C=O) groups excluding carboxylic acids is 1. The highest BCUT2D eigenvalue weighted by molar-refractivity contribution is 6.31. The molecule has 0 bridgehead atoms. The van der Waals surface area contributed by atoms with Gasteiger partial charge in [0.1, 0.15) is 18.2 Å². The maximum atomic E-state index is 13.3. The number of halogens is 4. The van der Waals surface area contributed by atoms with E-state index >= 15 is 0 Å². The van der Waals surface area contributed by atoms with E-state index in [1.54, 1.807) is 0 Å². The van der Waals surface area contributed by atoms with Crippen LogP contribution in [0.25, 0.3) is 0 Å². The monoisotopic (exact) mass is 291 g/mol. The van der Waals surface area contributed by atoms with Gasteiger partial charge in [0, 0.05) is 6.07 Å². The van der Waals surface area contributed by atoms with Crippen LogP contribution in [0.3, 0.4) is 0 Å². The molecule has 1 heterocycles. The molecule has 0 atom stereocenters. The average molecular weight is 292 g/mol. The maximum Gasteiger partial charge on any atom is 0.243 e. The van der Waals surface area contributed by atoms with E-state index in [1.807, 2.05) is 0 Å². The second-order valence-corrected chi connectivity index (χ2v) is 4.03. The van der Waals surface area contributed by atoms with Crippen LogP contribution < -0.4 is 0 Å². The second kappa shape index (κ2) is 4.99. The first-order valence-electron chi connectivity index (χ1n) is 4.71. The zero-order chi connectivity index (χ0) is 13.3. The van der Waals surface area contributed by atoms with Gasteiger partial charge in [-0.25, -0.2) is 13.5 Å². The van der Waals surface area contributed by atoms with Gasteiger partial charge in [-0.3, -0.25) is 4.79 Å². The van der Waals surface area contributed by atoms with Crippen LogP contribution in [0.15, 0.2) is 18.2 Å². The molecule has 0 N–H and O–H groups in total. The van der Waals surface area contributed by atoms with E-state index < -0.39 is 17.4 Å². The molecule has 94 valence electrons. The van der Waals surface area contributed by atoms with Gasteiger partial charge in [0.15, 0.2) is 5.78 Å². The predicted octanol–water partition coefficient (Wildman–Crippen LogP) is 2.75. The molecule has 0 fully saturated rings. The van der Waals surface area contributed by atoms with E-state index in [0.29, 0.717) is 6.07 Å². The molecule has 8 heteroatoms. The summed E-state index contributed by atoms with van der Waals surface area (Å²) in [7, 11) is 0. The lowest BCUT2D eigenvalue weighted by Gasteiger charge is -2.03. The van der Waals surface area contributed by atoms with Crippen LogP contribution in [-0.4, -0.2) is 20.5 Å². The topological polar surface area (TPSA) is 47.8 Å². The molecule has 0 aliphatic carbocycles. The third-order valence-electron chi connectivity index (χ3n) is 2.13. The third kappa shape index (κ3) is 2.65. The summed E-state index contributed by atoms with van der Waals surface area (Å²) in [5.41, 5.74) is -0.251. The highest BCUT2D eigenvalue weighted by Gasteiger charge is 2.16. The Morgan fingerprint density at radius 3 is 2.61 bits per heavy atom. The number of benzene rings is 1. The number of nitrogens with zero attached hydrogens (tertiary/aromatic N) is 3. The van der Waals surface area contributed by atoms with Gasteiger partial charge in [0.25, 0.3) is 0 Å². The normalized spacial score (nSPS) is 10.7. The van der Waals surface area contributed by atoms with Gasteiger partial charge in [-0.05, 0) is 35.3 Å². The first-order chi connectivity index (χ1) is 8.47. The molecular weight excluding hydrogens is 287 g/mol. The van der Waals surface area contributed by atoms with Crippen LogP contribution in [0.5, 0.6) is 0 Å². The van der Waals surface area contributed by atoms with Gasteiger partial charge in [-0.15, -0.1) is 5.10 Å². The number of rotatable bonds is 3. The Bertz CT molecular complexity index is 615. The molecule has 1 aromatic heterocycles. The smallest absolute Gasteiger partial charge is 0.243 e. The molecule has 0 unspecified atom stereocenters. The van der Waals surface area contributed by atoms with Gasteiger partial charge in [-0.1, -0.05) is 0 Å². The Balaban J connectivity index is 2.24. The summed E-state index contributed by atoms with van der Waals surface area (Å²) in [6.45, 7) is -0.332. The molecule has 18 heavy (non-hydrogen) atoms. The highest BCUT2D eigenvalue weighted by Crippen LogP contribution is 2.14.